The van der Waals surface area contributed by atoms with Crippen LogP contribution >= 0.6 is 0 Å². The second kappa shape index (κ2) is 3.48. The van der Waals surface area contributed by atoms with Crippen molar-refractivity contribution in [2.45, 2.75) is 39.2 Å². The molecule has 0 aromatic rings. The van der Waals surface area contributed by atoms with Gasteiger partial charge in [0.25, 0.3) is 0 Å². The summed E-state index contributed by atoms with van der Waals surface area (Å²) in [7, 11) is 0. The van der Waals surface area contributed by atoms with Crippen molar-refractivity contribution in [3.8, 4) is 0 Å². The largest absolute Gasteiger partial charge is 0.495 e. The fraction of sp³-hybridized carbons (Fsp3) is 0.800. The smallest absolute Gasteiger partial charge is 0.124 e. The molecular formula is C10H18O2. The molecule has 0 bridgehead atoms. The highest BCUT2D eigenvalue weighted by atomic mass is 16.5. The van der Waals surface area contributed by atoms with Gasteiger partial charge in [0.05, 0.1) is 6.61 Å². The first kappa shape index (κ1) is 9.59. The minimum Gasteiger partial charge on any atom is -0.495 e. The van der Waals surface area contributed by atoms with E-state index in [1.54, 1.807) is 0 Å². The summed E-state index contributed by atoms with van der Waals surface area (Å²) >= 11 is 0. The standard InChI is InChI=1S/C10H18O2/c1-4-8(2)10(3,11)9-6-5-7-12-9/h6,8,11H,4-5,7H2,1-3H3. The third-order valence-corrected chi connectivity index (χ3v) is 2.78. The van der Waals surface area contributed by atoms with Gasteiger partial charge in [0.15, 0.2) is 0 Å². The van der Waals surface area contributed by atoms with E-state index in [0.29, 0.717) is 0 Å². The minimum atomic E-state index is -0.773. The molecule has 0 amide bonds. The van der Waals surface area contributed by atoms with Crippen LogP contribution in [0, 0.1) is 5.92 Å². The molecule has 0 radical (unpaired) electrons. The van der Waals surface area contributed by atoms with Crippen molar-refractivity contribution in [2.75, 3.05) is 6.61 Å². The lowest BCUT2D eigenvalue weighted by Crippen LogP contribution is -2.35. The molecule has 1 aliphatic heterocycles. The normalized spacial score (nSPS) is 24.2. The fourth-order valence-electron chi connectivity index (χ4n) is 1.41. The van der Waals surface area contributed by atoms with Gasteiger partial charge >= 0.3 is 0 Å². The molecule has 12 heavy (non-hydrogen) atoms. The zero-order valence-electron chi connectivity index (χ0n) is 8.13. The third-order valence-electron chi connectivity index (χ3n) is 2.78. The van der Waals surface area contributed by atoms with Crippen LogP contribution in [0.5, 0.6) is 0 Å². The van der Waals surface area contributed by atoms with E-state index in [2.05, 4.69) is 6.92 Å². The molecule has 0 aromatic heterocycles. The summed E-state index contributed by atoms with van der Waals surface area (Å²) in [6.45, 7) is 6.68. The SMILES string of the molecule is CCC(C)C(C)(O)C1=CCCO1. The van der Waals surface area contributed by atoms with Gasteiger partial charge in [0.2, 0.25) is 0 Å². The molecule has 1 rings (SSSR count). The van der Waals surface area contributed by atoms with E-state index in [-0.39, 0.29) is 5.92 Å². The van der Waals surface area contributed by atoms with Crippen LogP contribution in [0.1, 0.15) is 33.6 Å². The van der Waals surface area contributed by atoms with Gasteiger partial charge < -0.3 is 9.84 Å². The lowest BCUT2D eigenvalue weighted by Gasteiger charge is -2.30. The highest BCUT2D eigenvalue weighted by molar-refractivity contribution is 5.12. The van der Waals surface area contributed by atoms with Gasteiger partial charge in [-0.25, -0.2) is 0 Å². The summed E-state index contributed by atoms with van der Waals surface area (Å²) in [5.41, 5.74) is -0.773. The van der Waals surface area contributed by atoms with Gasteiger partial charge in [0.1, 0.15) is 11.4 Å². The number of hydrogen-bond acceptors (Lipinski definition) is 2. The topological polar surface area (TPSA) is 29.5 Å². The van der Waals surface area contributed by atoms with Gasteiger partial charge in [-0.05, 0) is 18.9 Å². The van der Waals surface area contributed by atoms with Crippen molar-refractivity contribution < 1.29 is 9.84 Å². The van der Waals surface area contributed by atoms with E-state index in [1.165, 1.54) is 0 Å². The Kier molecular flexibility index (Phi) is 2.78. The van der Waals surface area contributed by atoms with Crippen molar-refractivity contribution in [1.29, 1.82) is 0 Å². The number of ether oxygens (including phenoxy) is 1. The van der Waals surface area contributed by atoms with Crippen molar-refractivity contribution in [3.63, 3.8) is 0 Å². The van der Waals surface area contributed by atoms with Gasteiger partial charge in [-0.15, -0.1) is 0 Å². The van der Waals surface area contributed by atoms with E-state index < -0.39 is 5.60 Å². The van der Waals surface area contributed by atoms with Gasteiger partial charge in [-0.1, -0.05) is 20.3 Å². The maximum Gasteiger partial charge on any atom is 0.124 e. The molecule has 1 aliphatic rings. The van der Waals surface area contributed by atoms with Crippen molar-refractivity contribution >= 4 is 0 Å². The first-order valence-corrected chi connectivity index (χ1v) is 4.64. The summed E-state index contributed by atoms with van der Waals surface area (Å²) in [5.74, 6) is 1.01. The summed E-state index contributed by atoms with van der Waals surface area (Å²) < 4.78 is 5.35. The number of aliphatic hydroxyl groups is 1. The molecule has 2 heteroatoms. The maximum atomic E-state index is 10.1. The van der Waals surface area contributed by atoms with Gasteiger partial charge in [-0.2, -0.15) is 0 Å². The van der Waals surface area contributed by atoms with Crippen LogP contribution in [0.4, 0.5) is 0 Å². The quantitative estimate of drug-likeness (QED) is 0.702. The van der Waals surface area contributed by atoms with E-state index in [0.717, 1.165) is 25.2 Å². The Bertz CT molecular complexity index is 182. The Hall–Kier alpha value is -0.500. The zero-order chi connectivity index (χ0) is 9.19. The van der Waals surface area contributed by atoms with Crippen LogP contribution in [0.3, 0.4) is 0 Å². The highest BCUT2D eigenvalue weighted by Crippen LogP contribution is 2.31. The van der Waals surface area contributed by atoms with Crippen LogP contribution in [0.15, 0.2) is 11.8 Å². The molecule has 2 nitrogen and oxygen atoms in total. The monoisotopic (exact) mass is 170 g/mol. The maximum absolute atomic E-state index is 10.1. The third kappa shape index (κ3) is 1.63. The molecule has 0 aromatic carbocycles. The highest BCUT2D eigenvalue weighted by Gasteiger charge is 2.34. The van der Waals surface area contributed by atoms with Gasteiger partial charge in [-0.3, -0.25) is 0 Å². The molecule has 0 aliphatic carbocycles. The summed E-state index contributed by atoms with van der Waals surface area (Å²) in [6, 6.07) is 0. The zero-order valence-corrected chi connectivity index (χ0v) is 8.13. The van der Waals surface area contributed by atoms with E-state index in [4.69, 9.17) is 4.74 Å². The molecule has 0 saturated heterocycles. The predicted octanol–water partition coefficient (Wildman–Crippen LogP) is 2.09. The minimum absolute atomic E-state index is 0.252. The Morgan fingerprint density at radius 1 is 1.75 bits per heavy atom. The summed E-state index contributed by atoms with van der Waals surface area (Å²) in [4.78, 5) is 0. The molecule has 0 fully saturated rings. The molecule has 2 unspecified atom stereocenters. The van der Waals surface area contributed by atoms with E-state index >= 15 is 0 Å². The molecular weight excluding hydrogens is 152 g/mol. The molecule has 1 heterocycles. The summed E-state index contributed by atoms with van der Waals surface area (Å²) in [5, 5.41) is 10.1. The van der Waals surface area contributed by atoms with Crippen molar-refractivity contribution in [2.24, 2.45) is 5.92 Å². The van der Waals surface area contributed by atoms with Crippen LogP contribution < -0.4 is 0 Å². The van der Waals surface area contributed by atoms with Crippen molar-refractivity contribution in [3.05, 3.63) is 11.8 Å². The Labute approximate surface area is 74.2 Å². The summed E-state index contributed by atoms with van der Waals surface area (Å²) in [6.07, 6.45) is 3.89. The van der Waals surface area contributed by atoms with Crippen molar-refractivity contribution in [1.82, 2.24) is 0 Å². The van der Waals surface area contributed by atoms with Crippen LogP contribution in [0.2, 0.25) is 0 Å². The first-order chi connectivity index (χ1) is 5.59. The predicted molar refractivity (Wildman–Crippen MR) is 48.7 cm³/mol. The van der Waals surface area contributed by atoms with Crippen LogP contribution in [0.25, 0.3) is 0 Å². The van der Waals surface area contributed by atoms with Gasteiger partial charge in [0, 0.05) is 6.42 Å². The number of rotatable bonds is 3. The average Bonchev–Trinajstić information content (AvgIpc) is 2.55. The lowest BCUT2D eigenvalue weighted by atomic mass is 9.87. The molecule has 1 N–H and O–H groups in total. The Morgan fingerprint density at radius 2 is 2.42 bits per heavy atom. The van der Waals surface area contributed by atoms with E-state index in [9.17, 15) is 5.11 Å². The first-order valence-electron chi connectivity index (χ1n) is 4.64. The van der Waals surface area contributed by atoms with Crippen LogP contribution in [-0.2, 0) is 4.74 Å². The van der Waals surface area contributed by atoms with Crippen LogP contribution in [-0.4, -0.2) is 17.3 Å². The molecule has 0 saturated carbocycles. The second-order valence-electron chi connectivity index (χ2n) is 3.66. The lowest BCUT2D eigenvalue weighted by molar-refractivity contribution is -0.00924. The molecule has 0 spiro atoms. The van der Waals surface area contributed by atoms with E-state index in [1.807, 2.05) is 19.9 Å². The number of hydrogen-bond donors (Lipinski definition) is 1. The molecule has 2 atom stereocenters. The Balaban J connectivity index is 2.69. The Morgan fingerprint density at radius 3 is 2.83 bits per heavy atom. The average molecular weight is 170 g/mol. The fourth-order valence-corrected chi connectivity index (χ4v) is 1.41. The molecule has 70 valence electrons. The second-order valence-corrected chi connectivity index (χ2v) is 3.66.